The van der Waals surface area contributed by atoms with E-state index in [1.165, 1.54) is 32.1 Å². The molecule has 2 heteroatoms. The van der Waals surface area contributed by atoms with E-state index >= 15 is 0 Å². The lowest BCUT2D eigenvalue weighted by Gasteiger charge is -2.28. The Labute approximate surface area is 278 Å². The molecule has 5 aromatic rings. The van der Waals surface area contributed by atoms with Crippen molar-refractivity contribution < 1.29 is 0 Å². The van der Waals surface area contributed by atoms with Gasteiger partial charge in [-0.1, -0.05) is 196 Å². The van der Waals surface area contributed by atoms with Crippen molar-refractivity contribution in [1.29, 1.82) is 0 Å². The third-order valence-electron chi connectivity index (χ3n) is 8.82. The molecule has 0 saturated carbocycles. The van der Waals surface area contributed by atoms with Crippen molar-refractivity contribution in [3.63, 3.8) is 0 Å². The molecule has 0 spiro atoms. The molecule has 0 atom stereocenters. The Bertz CT molecular complexity index is 1740. The van der Waals surface area contributed by atoms with Crippen LogP contribution in [0.15, 0.2) is 181 Å². The number of hydrogen-bond donors (Lipinski definition) is 0. The molecule has 0 unspecified atom stereocenters. The molecule has 0 saturated heterocycles. The van der Waals surface area contributed by atoms with Gasteiger partial charge in [-0.15, -0.1) is 0 Å². The first-order valence-electron chi connectivity index (χ1n) is 16.2. The van der Waals surface area contributed by atoms with Crippen LogP contribution in [-0.4, -0.2) is 0 Å². The Balaban J connectivity index is 1.41. The van der Waals surface area contributed by atoms with Gasteiger partial charge in [0.2, 0.25) is 0 Å². The maximum atomic E-state index is 3.88. The Hall–Kier alpha value is -4.08. The average Bonchev–Trinajstić information content (AvgIpc) is 3.54. The summed E-state index contributed by atoms with van der Waals surface area (Å²) >= 11 is 0. The monoisotopic (exact) mass is 632 g/mol. The summed E-state index contributed by atoms with van der Waals surface area (Å²) in [7, 11) is -1.44. The molecule has 0 aromatic heterocycles. The van der Waals surface area contributed by atoms with Gasteiger partial charge < -0.3 is 0 Å². The van der Waals surface area contributed by atoms with Crippen LogP contribution in [0.1, 0.15) is 44.2 Å². The van der Waals surface area contributed by atoms with Crippen molar-refractivity contribution in [3.05, 3.63) is 192 Å². The predicted octanol–water partition coefficient (Wildman–Crippen LogP) is 11.0. The Morgan fingerprint density at radius 2 is 1.02 bits per heavy atom. The summed E-state index contributed by atoms with van der Waals surface area (Å²) in [4.78, 5) is 0. The lowest BCUT2D eigenvalue weighted by molar-refractivity contribution is 0.406. The Morgan fingerprint density at radius 1 is 0.587 bits per heavy atom. The lowest BCUT2D eigenvalue weighted by atomic mass is 9.79. The number of benzene rings is 5. The van der Waals surface area contributed by atoms with Crippen LogP contribution < -0.4 is 21.2 Å². The van der Waals surface area contributed by atoms with Gasteiger partial charge in [0.25, 0.3) is 0 Å². The second-order valence-electron chi connectivity index (χ2n) is 12.4. The van der Waals surface area contributed by atoms with Crippen molar-refractivity contribution in [3.8, 4) is 0 Å². The normalized spacial score (nSPS) is 13.5. The van der Waals surface area contributed by atoms with Crippen LogP contribution >= 0.6 is 15.8 Å². The van der Waals surface area contributed by atoms with E-state index in [1.54, 1.807) is 10.9 Å². The molecule has 0 bridgehead atoms. The first kappa shape index (κ1) is 31.9. The van der Waals surface area contributed by atoms with Gasteiger partial charge in [0.15, 0.2) is 0 Å². The molecule has 1 aliphatic rings. The van der Waals surface area contributed by atoms with Gasteiger partial charge in [-0.3, -0.25) is 0 Å². The Morgan fingerprint density at radius 3 is 1.48 bits per heavy atom. The van der Waals surface area contributed by atoms with Crippen molar-refractivity contribution in [2.24, 2.45) is 5.41 Å². The highest BCUT2D eigenvalue weighted by Gasteiger charge is 2.35. The van der Waals surface area contributed by atoms with Gasteiger partial charge in [-0.05, 0) is 83.5 Å². The maximum Gasteiger partial charge on any atom is -0.00410 e. The van der Waals surface area contributed by atoms with Crippen molar-refractivity contribution in [1.82, 2.24) is 0 Å². The molecule has 5 aromatic carbocycles. The van der Waals surface area contributed by atoms with Crippen molar-refractivity contribution in [2.75, 3.05) is 0 Å². The quantitative estimate of drug-likeness (QED) is 0.120. The van der Waals surface area contributed by atoms with E-state index in [2.05, 4.69) is 184 Å². The minimum absolute atomic E-state index is 0.0623. The molecule has 1 aliphatic carbocycles. The van der Waals surface area contributed by atoms with E-state index in [0.717, 1.165) is 24.8 Å². The Kier molecular flexibility index (Phi) is 10.4. The van der Waals surface area contributed by atoms with Crippen LogP contribution in [-0.2, 0) is 0 Å². The van der Waals surface area contributed by atoms with Crippen LogP contribution in [0.5, 0.6) is 0 Å². The fraction of sp³-hybridized carbons (Fsp3) is 0.136. The van der Waals surface area contributed by atoms with Crippen LogP contribution in [0.3, 0.4) is 0 Å². The second kappa shape index (κ2) is 15.0. The van der Waals surface area contributed by atoms with Gasteiger partial charge in [-0.2, -0.15) is 0 Å². The first-order chi connectivity index (χ1) is 22.5. The highest BCUT2D eigenvalue weighted by molar-refractivity contribution is 7.80. The van der Waals surface area contributed by atoms with Crippen LogP contribution in [0.4, 0.5) is 0 Å². The third-order valence-corrected chi connectivity index (χ3v) is 14.1. The first-order valence-corrected chi connectivity index (χ1v) is 18.9. The second-order valence-corrected chi connectivity index (χ2v) is 16.8. The van der Waals surface area contributed by atoms with Crippen LogP contribution in [0.25, 0.3) is 12.2 Å². The zero-order valence-corrected chi connectivity index (χ0v) is 28.7. The maximum absolute atomic E-state index is 3.88. The van der Waals surface area contributed by atoms with E-state index in [-0.39, 0.29) is 5.41 Å². The topological polar surface area (TPSA) is 0 Å². The van der Waals surface area contributed by atoms with E-state index in [1.807, 2.05) is 6.08 Å². The molecule has 228 valence electrons. The van der Waals surface area contributed by atoms with Gasteiger partial charge in [0.05, 0.1) is 0 Å². The van der Waals surface area contributed by atoms with Gasteiger partial charge >= 0.3 is 0 Å². The third kappa shape index (κ3) is 7.48. The van der Waals surface area contributed by atoms with Crippen molar-refractivity contribution >= 4 is 49.2 Å². The summed E-state index contributed by atoms with van der Waals surface area (Å²) in [6.07, 6.45) is 12.3. The van der Waals surface area contributed by atoms with E-state index in [4.69, 9.17) is 0 Å². The molecule has 46 heavy (non-hydrogen) atoms. The highest BCUT2D eigenvalue weighted by Crippen LogP contribution is 2.61. The van der Waals surface area contributed by atoms with Crippen LogP contribution in [0, 0.1) is 5.41 Å². The zero-order chi connectivity index (χ0) is 31.8. The largest absolute Gasteiger partial charge is 0.0985 e. The fourth-order valence-corrected chi connectivity index (χ4v) is 11.7. The number of rotatable bonds is 12. The SMILES string of the molecule is C=Cc1ccc(/C=C/CCC(C)(C)C2=CC(P(c3ccccc3)c3ccccc3)=C(P(c3ccccc3)c3ccccc3)C2)cc1. The number of allylic oxidation sites excluding steroid dienone is 5. The van der Waals surface area contributed by atoms with Gasteiger partial charge in [-0.25, -0.2) is 0 Å². The predicted molar refractivity (Wildman–Crippen MR) is 206 cm³/mol. The molecule has 0 fully saturated rings. The van der Waals surface area contributed by atoms with E-state index in [9.17, 15) is 0 Å². The standard InChI is InChI=1S/C44H42P2/c1-4-35-28-30-36(31-29-35)19-17-18-32-44(2,3)37-33-42(45(38-20-9-5-10-21-38)39-22-11-6-12-23-39)43(34-37)46(40-24-13-7-14-25-40)41-26-15-8-16-27-41/h4-17,19-31,33H,1,18,32,34H2,2-3H3/b19-17+. The van der Waals surface area contributed by atoms with Gasteiger partial charge in [0.1, 0.15) is 0 Å². The summed E-state index contributed by atoms with van der Waals surface area (Å²) in [5, 5.41) is 8.80. The molecular weight excluding hydrogens is 590 g/mol. The smallest absolute Gasteiger partial charge is 0.00410 e. The summed E-state index contributed by atoms with van der Waals surface area (Å²) in [5.74, 6) is 0. The minimum atomic E-state index is -0.730. The molecular formula is C44H42P2. The molecule has 0 aliphatic heterocycles. The minimum Gasteiger partial charge on any atom is -0.0985 e. The molecule has 0 nitrogen and oxygen atoms in total. The summed E-state index contributed by atoms with van der Waals surface area (Å²) in [6, 6.07) is 53.5. The highest BCUT2D eigenvalue weighted by atomic mass is 31.1. The van der Waals surface area contributed by atoms with E-state index < -0.39 is 15.8 Å². The van der Waals surface area contributed by atoms with Crippen molar-refractivity contribution in [2.45, 2.75) is 33.1 Å². The van der Waals surface area contributed by atoms with Crippen LogP contribution in [0.2, 0.25) is 0 Å². The molecule has 6 rings (SSSR count). The summed E-state index contributed by atoms with van der Waals surface area (Å²) < 4.78 is 0. The average molecular weight is 633 g/mol. The fourth-order valence-electron chi connectivity index (χ4n) is 6.16. The zero-order valence-electron chi connectivity index (χ0n) is 26.9. The summed E-state index contributed by atoms with van der Waals surface area (Å²) in [6.45, 7) is 8.78. The lowest BCUT2D eigenvalue weighted by Crippen LogP contribution is -2.17. The molecule has 0 N–H and O–H groups in total. The molecule has 0 radical (unpaired) electrons. The number of hydrogen-bond acceptors (Lipinski definition) is 0. The molecule has 0 heterocycles. The van der Waals surface area contributed by atoms with E-state index in [0.29, 0.717) is 0 Å². The van der Waals surface area contributed by atoms with Gasteiger partial charge in [0, 0.05) is 0 Å². The molecule has 0 amide bonds. The summed E-state index contributed by atoms with van der Waals surface area (Å²) in [5.41, 5.74) is 4.01.